The number of hydrogen-bond acceptors (Lipinski definition) is 2. The monoisotopic (exact) mass is 838 g/mol. The summed E-state index contributed by atoms with van der Waals surface area (Å²) in [5, 5.41) is 0. The van der Waals surface area contributed by atoms with Crippen LogP contribution in [-0.4, -0.2) is 6.71 Å². The van der Waals surface area contributed by atoms with E-state index in [9.17, 15) is 4.11 Å². The summed E-state index contributed by atoms with van der Waals surface area (Å²) in [7, 11) is 0. The van der Waals surface area contributed by atoms with Gasteiger partial charge in [-0.25, -0.2) is 0 Å². The van der Waals surface area contributed by atoms with Crippen molar-refractivity contribution in [1.82, 2.24) is 0 Å². The highest BCUT2D eigenvalue weighted by Gasteiger charge is 2.49. The molecule has 0 saturated carbocycles. The van der Waals surface area contributed by atoms with Crippen LogP contribution in [0, 0.1) is 20.7 Å². The van der Waals surface area contributed by atoms with Gasteiger partial charge in [0.05, 0.1) is 0 Å². The van der Waals surface area contributed by atoms with E-state index >= 15 is 0 Å². The maximum atomic E-state index is 9.18. The van der Waals surface area contributed by atoms with Gasteiger partial charge in [0.15, 0.2) is 0 Å². The van der Waals surface area contributed by atoms with Gasteiger partial charge in [-0.2, -0.15) is 0 Å². The predicted molar refractivity (Wildman–Crippen MR) is 275 cm³/mol. The van der Waals surface area contributed by atoms with E-state index in [1.54, 1.807) is 0 Å². The van der Waals surface area contributed by atoms with Crippen LogP contribution in [0.3, 0.4) is 0 Å². The van der Waals surface area contributed by atoms with Crippen LogP contribution in [0.2, 0.25) is 0 Å². The summed E-state index contributed by atoms with van der Waals surface area (Å²) in [5.41, 5.74) is 23.1. The molecule has 0 aromatic heterocycles. The van der Waals surface area contributed by atoms with Crippen LogP contribution < -0.4 is 26.2 Å². The molecule has 0 atom stereocenters. The second-order valence-electron chi connectivity index (χ2n) is 25.8. The van der Waals surface area contributed by atoms with Crippen LogP contribution in [0.1, 0.15) is 196 Å². The highest BCUT2D eigenvalue weighted by molar-refractivity contribution is 7.00. The van der Waals surface area contributed by atoms with Crippen molar-refractivity contribution in [2.75, 3.05) is 9.80 Å². The third kappa shape index (κ3) is 6.09. The maximum absolute atomic E-state index is 9.18. The topological polar surface area (TPSA) is 6.48 Å². The molecular weight excluding hydrogens is 759 g/mol. The van der Waals surface area contributed by atoms with Crippen molar-refractivity contribution < 1.29 is 4.11 Å². The van der Waals surface area contributed by atoms with E-state index in [2.05, 4.69) is 188 Å². The molecule has 5 aliphatic rings. The van der Waals surface area contributed by atoms with Gasteiger partial charge in [-0.05, 0) is 199 Å². The van der Waals surface area contributed by atoms with Crippen LogP contribution in [0.25, 0.3) is 0 Å². The molecule has 328 valence electrons. The molecule has 3 heteroatoms. The first-order valence-corrected chi connectivity index (χ1v) is 24.2. The van der Waals surface area contributed by atoms with Crippen molar-refractivity contribution >= 4 is 57.2 Å². The Labute approximate surface area is 386 Å². The van der Waals surface area contributed by atoms with Gasteiger partial charge in [0.25, 0.3) is 6.71 Å². The highest BCUT2D eigenvalue weighted by atomic mass is 15.2. The van der Waals surface area contributed by atoms with E-state index in [4.69, 9.17) is 0 Å². The largest absolute Gasteiger partial charge is 0.311 e. The summed E-state index contributed by atoms with van der Waals surface area (Å²) in [6.07, 6.45) is 5.58. The quantitative estimate of drug-likeness (QED) is 0.160. The van der Waals surface area contributed by atoms with E-state index in [1.807, 2.05) is 6.07 Å². The molecule has 2 nitrogen and oxygen atoms in total. The molecule has 10 rings (SSSR count). The number of nitrogens with zero attached hydrogens (tertiary/aromatic N) is 2. The minimum Gasteiger partial charge on any atom is -0.311 e. The van der Waals surface area contributed by atoms with Crippen molar-refractivity contribution in [3.63, 3.8) is 0 Å². The lowest BCUT2D eigenvalue weighted by atomic mass is 9.33. The lowest BCUT2D eigenvalue weighted by molar-refractivity contribution is 0.331. The Balaban J connectivity index is 1.38. The molecule has 5 aromatic rings. The molecule has 0 N–H and O–H groups in total. The average Bonchev–Trinajstić information content (AvgIpc) is 3.40. The number of anilines is 6. The molecule has 0 unspecified atom stereocenters. The van der Waals surface area contributed by atoms with Crippen LogP contribution in [-0.2, 0) is 37.9 Å². The lowest BCUT2D eigenvalue weighted by Gasteiger charge is -2.48. The second kappa shape index (κ2) is 13.0. The Kier molecular flexibility index (Phi) is 8.07. The van der Waals surface area contributed by atoms with Crippen molar-refractivity contribution in [1.29, 1.82) is 0 Å². The molecular formula is C60H75BN2. The number of benzene rings is 5. The lowest BCUT2D eigenvalue weighted by Crippen LogP contribution is -2.62. The third-order valence-electron chi connectivity index (χ3n) is 17.3. The first-order valence-electron chi connectivity index (χ1n) is 25.7. The second-order valence-corrected chi connectivity index (χ2v) is 25.8. The van der Waals surface area contributed by atoms with Crippen molar-refractivity contribution in [3.8, 4) is 0 Å². The molecule has 0 bridgehead atoms. The molecule has 0 spiro atoms. The van der Waals surface area contributed by atoms with Crippen LogP contribution >= 0.6 is 0 Å². The van der Waals surface area contributed by atoms with Gasteiger partial charge in [-0.15, -0.1) is 0 Å². The smallest absolute Gasteiger partial charge is 0.252 e. The van der Waals surface area contributed by atoms with Crippen molar-refractivity contribution in [2.24, 2.45) is 0 Å². The fourth-order valence-electron chi connectivity index (χ4n) is 13.7. The molecule has 63 heavy (non-hydrogen) atoms. The Morgan fingerprint density at radius 3 is 1.54 bits per heavy atom. The van der Waals surface area contributed by atoms with Crippen LogP contribution in [0.5, 0.6) is 0 Å². The zero-order chi connectivity index (χ0) is 48.0. The number of fused-ring (bicyclic) bond motifs is 7. The van der Waals surface area contributed by atoms with E-state index in [1.165, 1.54) is 72.1 Å². The first kappa shape index (κ1) is 39.2. The summed E-state index contributed by atoms with van der Waals surface area (Å²) in [4.78, 5) is 5.01. The molecule has 2 aliphatic heterocycles. The van der Waals surface area contributed by atoms with Gasteiger partial charge in [0.2, 0.25) is 0 Å². The summed E-state index contributed by atoms with van der Waals surface area (Å²) in [6.45, 7) is 38.1. The predicted octanol–water partition coefficient (Wildman–Crippen LogP) is 14.6. The zero-order valence-corrected chi connectivity index (χ0v) is 41.9. The SMILES string of the molecule is [2H]C([2H])([2H])c1cc2c3c(c1)N(c1ccc4c(c1C)C(C)(C)CC4(C)C)c1ccc(C(C)(C)C)cc1B3c1cc3c(cc1N2c1cc2c(cc1C)C(C)(C)CCC2(C)C)C(C)(C)CCC3(C)C. The van der Waals surface area contributed by atoms with Gasteiger partial charge < -0.3 is 9.80 Å². The van der Waals surface area contributed by atoms with E-state index in [0.29, 0.717) is 5.56 Å². The van der Waals surface area contributed by atoms with Crippen LogP contribution in [0.4, 0.5) is 34.1 Å². The minimum absolute atomic E-state index is 0.00478. The molecule has 0 fully saturated rings. The fraction of sp³-hybridized carbons (Fsp3) is 0.500. The summed E-state index contributed by atoms with van der Waals surface area (Å²) in [6, 6.07) is 26.2. The minimum atomic E-state index is -2.34. The first-order chi connectivity index (χ1) is 30.3. The Morgan fingerprint density at radius 2 is 0.984 bits per heavy atom. The molecule has 3 aliphatic carbocycles. The van der Waals surface area contributed by atoms with E-state index in [-0.39, 0.29) is 44.6 Å². The van der Waals surface area contributed by atoms with Crippen molar-refractivity contribution in [2.45, 2.75) is 195 Å². The van der Waals surface area contributed by atoms with Crippen molar-refractivity contribution in [3.05, 3.63) is 122 Å². The third-order valence-corrected chi connectivity index (χ3v) is 17.3. The Hall–Kier alpha value is -4.24. The standard InChI is InChI=1S/C60H75BN2/c1-35-27-50-53-51(28-35)63(48-32-42-40(29-36(48)2)55(7,8)23-25-57(42,11)12)49-33-43-41(56(9,10)24-26-58(43,13)14)31-45(49)61(53)44-30-38(54(4,5)6)19-21-47(44)62(50)46-22-20-39-52(37(46)3)60(17,18)34-59(39,15)16/h19-22,27-33H,23-26,34H2,1-18H3/i1D3. The number of rotatable bonds is 2. The Bertz CT molecular complexity index is 2920. The van der Waals surface area contributed by atoms with Crippen LogP contribution in [0.15, 0.2) is 66.7 Å². The maximum Gasteiger partial charge on any atom is 0.252 e. The normalized spacial score (nSPS) is 22.1. The molecule has 0 radical (unpaired) electrons. The van der Waals surface area contributed by atoms with Gasteiger partial charge in [0, 0.05) is 38.2 Å². The van der Waals surface area contributed by atoms with Gasteiger partial charge in [-0.1, -0.05) is 134 Å². The molecule has 5 aromatic carbocycles. The summed E-state index contributed by atoms with van der Waals surface area (Å²) in [5.74, 6) is 0. The van der Waals surface area contributed by atoms with Gasteiger partial charge in [0.1, 0.15) is 0 Å². The average molecular weight is 838 g/mol. The molecule has 0 saturated heterocycles. The highest BCUT2D eigenvalue weighted by Crippen LogP contribution is 2.56. The number of hydrogen-bond donors (Lipinski definition) is 0. The molecule has 2 heterocycles. The zero-order valence-electron chi connectivity index (χ0n) is 44.9. The number of aryl methyl sites for hydroxylation is 2. The molecule has 0 amide bonds. The fourth-order valence-corrected chi connectivity index (χ4v) is 13.7. The van der Waals surface area contributed by atoms with E-state index < -0.39 is 6.85 Å². The van der Waals surface area contributed by atoms with Gasteiger partial charge >= 0.3 is 0 Å². The summed E-state index contributed by atoms with van der Waals surface area (Å²) < 4.78 is 27.5. The van der Waals surface area contributed by atoms with E-state index in [0.717, 1.165) is 60.5 Å². The Morgan fingerprint density at radius 1 is 0.492 bits per heavy atom. The van der Waals surface area contributed by atoms with Gasteiger partial charge in [-0.3, -0.25) is 0 Å². The summed E-state index contributed by atoms with van der Waals surface area (Å²) >= 11 is 0.